The van der Waals surface area contributed by atoms with E-state index in [4.69, 9.17) is 13.9 Å². The first-order chi connectivity index (χ1) is 13.6. The molecule has 3 rings (SSSR count). The van der Waals surface area contributed by atoms with Gasteiger partial charge in [-0.15, -0.1) is 0 Å². The van der Waals surface area contributed by atoms with E-state index >= 15 is 0 Å². The Balaban J connectivity index is 1.46. The Kier molecular flexibility index (Phi) is 6.30. The predicted molar refractivity (Wildman–Crippen MR) is 105 cm³/mol. The number of benzene rings is 2. The highest BCUT2D eigenvalue weighted by atomic mass is 16.5. The van der Waals surface area contributed by atoms with Crippen molar-refractivity contribution in [3.8, 4) is 11.5 Å². The van der Waals surface area contributed by atoms with Crippen molar-refractivity contribution in [2.24, 2.45) is 0 Å². The third-order valence-electron chi connectivity index (χ3n) is 3.68. The van der Waals surface area contributed by atoms with E-state index in [-0.39, 0.29) is 24.2 Å². The molecule has 0 saturated heterocycles. The minimum Gasteiger partial charge on any atom is -0.494 e. The van der Waals surface area contributed by atoms with Crippen molar-refractivity contribution in [2.75, 3.05) is 23.8 Å². The summed E-state index contributed by atoms with van der Waals surface area (Å²) < 4.78 is 15.9. The van der Waals surface area contributed by atoms with Crippen molar-refractivity contribution in [2.45, 2.75) is 6.92 Å². The van der Waals surface area contributed by atoms with Crippen LogP contribution in [0.2, 0.25) is 0 Å². The Morgan fingerprint density at radius 2 is 1.46 bits per heavy atom. The largest absolute Gasteiger partial charge is 0.494 e. The number of nitrogens with one attached hydrogen (secondary N) is 2. The van der Waals surface area contributed by atoms with E-state index in [0.29, 0.717) is 23.7 Å². The SMILES string of the molecule is CCOc1ccc(NC(=O)COc2ccc(NC(=O)c3ccco3)cc2)cc1. The normalized spacial score (nSPS) is 10.2. The average Bonchev–Trinajstić information content (AvgIpc) is 3.24. The fourth-order valence-electron chi connectivity index (χ4n) is 2.38. The molecule has 2 aromatic carbocycles. The van der Waals surface area contributed by atoms with Gasteiger partial charge >= 0.3 is 0 Å². The van der Waals surface area contributed by atoms with Gasteiger partial charge < -0.3 is 24.5 Å². The standard InChI is InChI=1S/C21H20N2O5/c1-2-26-17-9-5-15(6-10-17)22-20(24)14-28-18-11-7-16(8-12-18)23-21(25)19-4-3-13-27-19/h3-13H,2,14H2,1H3,(H,22,24)(H,23,25). The molecule has 0 bridgehead atoms. The molecule has 0 saturated carbocycles. The molecule has 2 amide bonds. The molecule has 0 unspecified atom stereocenters. The highest BCUT2D eigenvalue weighted by Gasteiger charge is 2.09. The molecule has 2 N–H and O–H groups in total. The van der Waals surface area contributed by atoms with Gasteiger partial charge in [-0.2, -0.15) is 0 Å². The third-order valence-corrected chi connectivity index (χ3v) is 3.68. The zero-order valence-electron chi connectivity index (χ0n) is 15.3. The fraction of sp³-hybridized carbons (Fsp3) is 0.143. The van der Waals surface area contributed by atoms with Crippen LogP contribution in [-0.2, 0) is 4.79 Å². The highest BCUT2D eigenvalue weighted by molar-refractivity contribution is 6.02. The summed E-state index contributed by atoms with van der Waals surface area (Å²) in [5, 5.41) is 5.45. The van der Waals surface area contributed by atoms with E-state index in [1.54, 1.807) is 60.7 Å². The first-order valence-corrected chi connectivity index (χ1v) is 8.74. The molecule has 0 aliphatic carbocycles. The van der Waals surface area contributed by atoms with Gasteiger partial charge in [0.15, 0.2) is 12.4 Å². The number of anilines is 2. The lowest BCUT2D eigenvalue weighted by molar-refractivity contribution is -0.118. The molecule has 3 aromatic rings. The molecule has 7 nitrogen and oxygen atoms in total. The molecule has 1 heterocycles. The maximum Gasteiger partial charge on any atom is 0.291 e. The number of amides is 2. The lowest BCUT2D eigenvalue weighted by Crippen LogP contribution is -2.20. The van der Waals surface area contributed by atoms with Crippen LogP contribution in [0.1, 0.15) is 17.5 Å². The van der Waals surface area contributed by atoms with Gasteiger partial charge in [-0.05, 0) is 67.6 Å². The second-order valence-corrected chi connectivity index (χ2v) is 5.75. The third kappa shape index (κ3) is 5.38. The van der Waals surface area contributed by atoms with Crippen molar-refractivity contribution >= 4 is 23.2 Å². The Labute approximate surface area is 162 Å². The van der Waals surface area contributed by atoms with Gasteiger partial charge in [-0.1, -0.05) is 0 Å². The van der Waals surface area contributed by atoms with Gasteiger partial charge in [-0.25, -0.2) is 0 Å². The molecule has 0 aliphatic rings. The van der Waals surface area contributed by atoms with Gasteiger partial charge in [0.2, 0.25) is 0 Å². The van der Waals surface area contributed by atoms with E-state index in [9.17, 15) is 9.59 Å². The zero-order valence-corrected chi connectivity index (χ0v) is 15.3. The molecule has 0 spiro atoms. The van der Waals surface area contributed by atoms with E-state index in [1.807, 2.05) is 6.92 Å². The van der Waals surface area contributed by atoms with Gasteiger partial charge in [0.1, 0.15) is 11.5 Å². The van der Waals surface area contributed by atoms with Crippen molar-refractivity contribution in [1.82, 2.24) is 0 Å². The zero-order chi connectivity index (χ0) is 19.8. The second kappa shape index (κ2) is 9.27. The molecule has 28 heavy (non-hydrogen) atoms. The van der Waals surface area contributed by atoms with Crippen molar-refractivity contribution in [3.05, 3.63) is 72.7 Å². The Hall–Kier alpha value is -3.74. The van der Waals surface area contributed by atoms with Crippen LogP contribution >= 0.6 is 0 Å². The second-order valence-electron chi connectivity index (χ2n) is 5.75. The maximum atomic E-state index is 12.0. The van der Waals surface area contributed by atoms with Gasteiger partial charge in [0, 0.05) is 11.4 Å². The smallest absolute Gasteiger partial charge is 0.291 e. The van der Waals surface area contributed by atoms with Crippen molar-refractivity contribution in [3.63, 3.8) is 0 Å². The summed E-state index contributed by atoms with van der Waals surface area (Å²) in [6.45, 7) is 2.36. The fourth-order valence-corrected chi connectivity index (χ4v) is 2.38. The molecule has 0 aliphatic heterocycles. The monoisotopic (exact) mass is 380 g/mol. The van der Waals surface area contributed by atoms with Gasteiger partial charge in [0.25, 0.3) is 11.8 Å². The molecular weight excluding hydrogens is 360 g/mol. The summed E-state index contributed by atoms with van der Waals surface area (Å²) in [7, 11) is 0. The van der Waals surface area contributed by atoms with Gasteiger partial charge in [0.05, 0.1) is 12.9 Å². The molecule has 7 heteroatoms. The van der Waals surface area contributed by atoms with Crippen LogP contribution in [0.4, 0.5) is 11.4 Å². The lowest BCUT2D eigenvalue weighted by Gasteiger charge is -2.09. The molecule has 144 valence electrons. The molecule has 0 radical (unpaired) electrons. The molecular formula is C21H20N2O5. The van der Waals surface area contributed by atoms with E-state index in [1.165, 1.54) is 6.26 Å². The average molecular weight is 380 g/mol. The summed E-state index contributed by atoms with van der Waals surface area (Å²) in [5.41, 5.74) is 1.25. The molecule has 0 atom stereocenters. The van der Waals surface area contributed by atoms with Crippen LogP contribution in [0.25, 0.3) is 0 Å². The minimum atomic E-state index is -0.339. The van der Waals surface area contributed by atoms with Crippen LogP contribution in [0.3, 0.4) is 0 Å². The number of rotatable bonds is 8. The predicted octanol–water partition coefficient (Wildman–Crippen LogP) is 3.95. The number of hydrogen-bond acceptors (Lipinski definition) is 5. The Morgan fingerprint density at radius 1 is 0.857 bits per heavy atom. The molecule has 0 fully saturated rings. The number of ether oxygens (including phenoxy) is 2. The first-order valence-electron chi connectivity index (χ1n) is 8.74. The topological polar surface area (TPSA) is 89.8 Å². The summed E-state index contributed by atoms with van der Waals surface area (Å²) in [4.78, 5) is 23.9. The summed E-state index contributed by atoms with van der Waals surface area (Å²) in [5.74, 6) is 0.868. The number of furan rings is 1. The van der Waals surface area contributed by atoms with Crippen molar-refractivity contribution in [1.29, 1.82) is 0 Å². The van der Waals surface area contributed by atoms with Crippen LogP contribution in [0, 0.1) is 0 Å². The van der Waals surface area contributed by atoms with E-state index in [0.717, 1.165) is 5.75 Å². The Bertz CT molecular complexity index is 903. The van der Waals surface area contributed by atoms with Crippen LogP contribution < -0.4 is 20.1 Å². The summed E-state index contributed by atoms with van der Waals surface area (Å²) in [6.07, 6.45) is 1.43. The minimum absolute atomic E-state index is 0.134. The quantitative estimate of drug-likeness (QED) is 0.618. The van der Waals surface area contributed by atoms with Gasteiger partial charge in [-0.3, -0.25) is 9.59 Å². The number of hydrogen-bond donors (Lipinski definition) is 2. The Morgan fingerprint density at radius 3 is 2.04 bits per heavy atom. The van der Waals surface area contributed by atoms with E-state index < -0.39 is 0 Å². The summed E-state index contributed by atoms with van der Waals surface area (Å²) >= 11 is 0. The summed E-state index contributed by atoms with van der Waals surface area (Å²) in [6, 6.07) is 17.0. The first kappa shape index (κ1) is 19.0. The van der Waals surface area contributed by atoms with E-state index in [2.05, 4.69) is 10.6 Å². The maximum absolute atomic E-state index is 12.0. The van der Waals surface area contributed by atoms with Crippen LogP contribution in [-0.4, -0.2) is 25.0 Å². The van der Waals surface area contributed by atoms with Crippen LogP contribution in [0.15, 0.2) is 71.3 Å². The van der Waals surface area contributed by atoms with Crippen LogP contribution in [0.5, 0.6) is 11.5 Å². The molecule has 1 aromatic heterocycles. The highest BCUT2D eigenvalue weighted by Crippen LogP contribution is 2.18. The lowest BCUT2D eigenvalue weighted by atomic mass is 10.3. The number of carbonyl (C=O) groups is 2. The number of carbonyl (C=O) groups excluding carboxylic acids is 2. The van der Waals surface area contributed by atoms with Crippen molar-refractivity contribution < 1.29 is 23.5 Å².